The van der Waals surface area contributed by atoms with Gasteiger partial charge in [-0.1, -0.05) is 12.8 Å². The molecular weight excluding hydrogens is 170 g/mol. The molecule has 0 saturated heterocycles. The summed E-state index contributed by atoms with van der Waals surface area (Å²) in [7, 11) is -0.0721. The predicted octanol–water partition coefficient (Wildman–Crippen LogP) is 1.31. The van der Waals surface area contributed by atoms with Gasteiger partial charge >= 0.3 is 0 Å². The van der Waals surface area contributed by atoms with Crippen molar-refractivity contribution in [3.8, 4) is 0 Å². The van der Waals surface area contributed by atoms with Crippen molar-refractivity contribution in [2.75, 3.05) is 18.3 Å². The van der Waals surface area contributed by atoms with E-state index in [0.29, 0.717) is 6.04 Å². The van der Waals surface area contributed by atoms with E-state index in [9.17, 15) is 4.79 Å². The van der Waals surface area contributed by atoms with Gasteiger partial charge in [-0.3, -0.25) is 15.7 Å². The fourth-order valence-corrected chi connectivity index (χ4v) is 2.30. The van der Waals surface area contributed by atoms with Gasteiger partial charge in [0.1, 0.15) is 0 Å². The summed E-state index contributed by atoms with van der Waals surface area (Å²) in [4.78, 5) is 11.3. The lowest BCUT2D eigenvalue weighted by Crippen LogP contribution is -2.34. The zero-order valence-electron chi connectivity index (χ0n) is 7.97. The van der Waals surface area contributed by atoms with Crippen molar-refractivity contribution >= 4 is 16.8 Å². The van der Waals surface area contributed by atoms with Crippen molar-refractivity contribution < 1.29 is 4.79 Å². The Morgan fingerprint density at radius 1 is 1.42 bits per heavy atom. The molecule has 0 aromatic rings. The van der Waals surface area contributed by atoms with Crippen LogP contribution in [0, 0.1) is 0 Å². The third-order valence-electron chi connectivity index (χ3n) is 2.18. The minimum absolute atomic E-state index is 0.0721. The smallest absolute Gasteiger partial charge is 0.228 e. The van der Waals surface area contributed by atoms with Gasteiger partial charge in [-0.15, -0.1) is 0 Å². The Hall–Kier alpha value is -0.180. The maximum atomic E-state index is 11.3. The van der Waals surface area contributed by atoms with Crippen molar-refractivity contribution in [2.45, 2.75) is 31.7 Å². The Kier molecular flexibility index (Phi) is 3.92. The van der Waals surface area contributed by atoms with Crippen molar-refractivity contribution in [1.82, 2.24) is 5.32 Å². The Morgan fingerprint density at radius 3 is 2.50 bits per heavy atom. The van der Waals surface area contributed by atoms with Crippen molar-refractivity contribution in [2.24, 2.45) is 0 Å². The molecule has 0 aliphatic heterocycles. The molecule has 0 bridgehead atoms. The Morgan fingerprint density at radius 2 is 2.00 bits per heavy atom. The van der Waals surface area contributed by atoms with Gasteiger partial charge in [-0.05, 0) is 25.4 Å². The summed E-state index contributed by atoms with van der Waals surface area (Å²) in [5.74, 6) is 1.00. The van der Waals surface area contributed by atoms with Crippen LogP contribution in [-0.2, 0) is 4.79 Å². The largest absolute Gasteiger partial charge is 0.353 e. The highest BCUT2D eigenvalue weighted by Gasteiger charge is 2.16. The fourth-order valence-electron chi connectivity index (χ4n) is 1.63. The summed E-state index contributed by atoms with van der Waals surface area (Å²) in [6.45, 7) is 0. The molecule has 0 aromatic heterocycles. The molecule has 0 radical (unpaired) electrons. The van der Waals surface area contributed by atoms with Gasteiger partial charge in [0.25, 0.3) is 0 Å². The second-order valence-electron chi connectivity index (χ2n) is 3.79. The van der Waals surface area contributed by atoms with Crippen LogP contribution in [0.2, 0.25) is 0 Å². The van der Waals surface area contributed by atoms with Gasteiger partial charge in [-0.2, -0.15) is 0 Å². The van der Waals surface area contributed by atoms with Gasteiger partial charge in [0.05, 0.1) is 5.75 Å². The number of amides is 1. The lowest BCUT2D eigenvalue weighted by Gasteiger charge is -2.14. The maximum absolute atomic E-state index is 11.3. The highest BCUT2D eigenvalue weighted by molar-refractivity contribution is 8.16. The van der Waals surface area contributed by atoms with Gasteiger partial charge < -0.3 is 5.32 Å². The van der Waals surface area contributed by atoms with Crippen LogP contribution in [0.5, 0.6) is 0 Å². The molecule has 1 saturated carbocycles. The molecule has 3 heteroatoms. The fraction of sp³-hybridized carbons (Fsp3) is 0.889. The maximum Gasteiger partial charge on any atom is 0.228 e. The first-order valence-corrected chi connectivity index (χ1v) is 7.04. The molecule has 1 N–H and O–H groups in total. The summed E-state index contributed by atoms with van der Waals surface area (Å²) in [5, 5.41) is 3.09. The number of hydrogen-bond acceptors (Lipinski definition) is 1. The molecule has 1 aliphatic rings. The first kappa shape index (κ1) is 9.90. The van der Waals surface area contributed by atoms with E-state index in [-0.39, 0.29) is 16.8 Å². The summed E-state index contributed by atoms with van der Waals surface area (Å²) in [6, 6.07) is 0.493. The first-order valence-electron chi connectivity index (χ1n) is 4.62. The summed E-state index contributed by atoms with van der Waals surface area (Å²) >= 11 is 0. The van der Waals surface area contributed by atoms with E-state index in [2.05, 4.69) is 17.8 Å². The van der Waals surface area contributed by atoms with Crippen LogP contribution in [0.1, 0.15) is 25.7 Å². The molecule has 72 valence electrons. The molecule has 2 nitrogen and oxygen atoms in total. The van der Waals surface area contributed by atoms with Crippen LogP contribution < -0.4 is 5.32 Å². The van der Waals surface area contributed by atoms with Gasteiger partial charge in [0, 0.05) is 6.04 Å². The van der Waals surface area contributed by atoms with Crippen LogP contribution in [0.25, 0.3) is 0 Å². The lowest BCUT2D eigenvalue weighted by atomic mass is 10.2. The molecule has 0 heterocycles. The van der Waals surface area contributed by atoms with E-state index in [1.807, 2.05) is 0 Å². The minimum Gasteiger partial charge on any atom is -0.353 e. The minimum atomic E-state index is -0.0721. The molecule has 1 fully saturated rings. The third kappa shape index (κ3) is 3.48. The molecule has 1 amide bonds. The number of thiol groups is 1. The Balaban J connectivity index is 2.16. The first-order chi connectivity index (χ1) is 5.68. The highest BCUT2D eigenvalue weighted by Crippen LogP contribution is 2.18. The number of carbonyl (C=O) groups is 1. The monoisotopic (exact) mass is 189 g/mol. The second-order valence-corrected chi connectivity index (χ2v) is 6.26. The molecule has 1 aliphatic carbocycles. The van der Waals surface area contributed by atoms with Crippen LogP contribution in [-0.4, -0.2) is 30.2 Å². The number of carbonyl (C=O) groups excluding carboxylic acids is 1. The molecule has 0 aromatic carbocycles. The van der Waals surface area contributed by atoms with Crippen LogP contribution in [0.4, 0.5) is 0 Å². The Bertz CT molecular complexity index is 153. The third-order valence-corrected chi connectivity index (χ3v) is 3.10. The zero-order chi connectivity index (χ0) is 8.97. The normalized spacial score (nSPS) is 19.3. The van der Waals surface area contributed by atoms with Crippen molar-refractivity contribution in [1.29, 1.82) is 0 Å². The molecule has 12 heavy (non-hydrogen) atoms. The molecule has 0 spiro atoms. The van der Waals surface area contributed by atoms with E-state index in [1.165, 1.54) is 25.7 Å². The standard InChI is InChI=1S/C9H19NOS/c1-12(2)7-9(11)10-8-5-3-4-6-8/h8,12H,3-7H2,1-2H3,(H,10,11). The van der Waals surface area contributed by atoms with Crippen LogP contribution >= 0.6 is 10.9 Å². The Labute approximate surface area is 77.5 Å². The molecule has 1 rings (SSSR count). The number of rotatable bonds is 3. The van der Waals surface area contributed by atoms with Crippen LogP contribution in [0.15, 0.2) is 0 Å². The molecular formula is C9H19NOS. The van der Waals surface area contributed by atoms with Crippen LogP contribution in [0.3, 0.4) is 0 Å². The van der Waals surface area contributed by atoms with E-state index in [4.69, 9.17) is 0 Å². The SMILES string of the molecule is C[SH](C)CC(=O)NC1CCCC1. The van der Waals surface area contributed by atoms with Gasteiger partial charge in [-0.25, -0.2) is 0 Å². The van der Waals surface area contributed by atoms with Gasteiger partial charge in [0.15, 0.2) is 0 Å². The molecule has 0 atom stereocenters. The summed E-state index contributed by atoms with van der Waals surface area (Å²) < 4.78 is 0. The van der Waals surface area contributed by atoms with Gasteiger partial charge in [0.2, 0.25) is 5.91 Å². The quantitative estimate of drug-likeness (QED) is 0.644. The number of nitrogens with one attached hydrogen (secondary N) is 1. The predicted molar refractivity (Wildman–Crippen MR) is 56.1 cm³/mol. The summed E-state index contributed by atoms with van der Waals surface area (Å²) in [5.41, 5.74) is 0. The molecule has 0 unspecified atom stereocenters. The van der Waals surface area contributed by atoms with Crippen molar-refractivity contribution in [3.05, 3.63) is 0 Å². The van der Waals surface area contributed by atoms with E-state index in [0.717, 1.165) is 5.75 Å². The average Bonchev–Trinajstić information content (AvgIpc) is 2.37. The van der Waals surface area contributed by atoms with Crippen molar-refractivity contribution in [3.63, 3.8) is 0 Å². The van der Waals surface area contributed by atoms with E-state index < -0.39 is 0 Å². The van der Waals surface area contributed by atoms with E-state index >= 15 is 0 Å². The average molecular weight is 189 g/mol. The summed E-state index contributed by atoms with van der Waals surface area (Å²) in [6.07, 6.45) is 9.25. The lowest BCUT2D eigenvalue weighted by molar-refractivity contribution is -0.119. The second kappa shape index (κ2) is 4.75. The highest BCUT2D eigenvalue weighted by atomic mass is 32.2. The van der Waals surface area contributed by atoms with E-state index in [1.54, 1.807) is 0 Å². The number of hydrogen-bond donors (Lipinski definition) is 2. The topological polar surface area (TPSA) is 29.1 Å². The zero-order valence-corrected chi connectivity index (χ0v) is 8.86.